The van der Waals surface area contributed by atoms with Crippen LogP contribution in [-0.4, -0.2) is 21.2 Å². The van der Waals surface area contributed by atoms with Crippen molar-refractivity contribution in [3.05, 3.63) is 83.9 Å². The van der Waals surface area contributed by atoms with Crippen LogP contribution in [-0.2, 0) is 16.5 Å². The number of aryl methyl sites for hydroxylation is 1. The molecule has 0 unspecified atom stereocenters. The molecule has 3 aromatic rings. The number of benzene rings is 3. The molecule has 0 N–H and O–H groups in total. The molecule has 29 heavy (non-hydrogen) atoms. The molecule has 0 aliphatic rings. The summed E-state index contributed by atoms with van der Waals surface area (Å²) in [5.41, 5.74) is 2.87. The smallest absolute Gasteiger partial charge is 0.339 e. The summed E-state index contributed by atoms with van der Waals surface area (Å²) in [5.74, 6) is 0.484. The van der Waals surface area contributed by atoms with Gasteiger partial charge in [-0.15, -0.1) is 0 Å². The molecular formula is C23H23NO4S. The van der Waals surface area contributed by atoms with Crippen molar-refractivity contribution in [1.29, 1.82) is 0 Å². The van der Waals surface area contributed by atoms with E-state index in [-0.39, 0.29) is 10.6 Å². The summed E-state index contributed by atoms with van der Waals surface area (Å²) in [5, 5.41) is 0. The van der Waals surface area contributed by atoms with Crippen LogP contribution in [0.3, 0.4) is 0 Å². The van der Waals surface area contributed by atoms with E-state index in [9.17, 15) is 8.42 Å². The van der Waals surface area contributed by atoms with Crippen LogP contribution >= 0.6 is 0 Å². The fourth-order valence-electron chi connectivity index (χ4n) is 2.66. The number of ether oxygens (including phenoxy) is 1. The Kier molecular flexibility index (Phi) is 6.67. The van der Waals surface area contributed by atoms with Crippen molar-refractivity contribution in [3.8, 4) is 11.5 Å². The van der Waals surface area contributed by atoms with E-state index in [1.807, 2.05) is 31.2 Å². The topological polar surface area (TPSA) is 65.0 Å². The Morgan fingerprint density at radius 2 is 1.62 bits per heavy atom. The van der Waals surface area contributed by atoms with Gasteiger partial charge in [-0.1, -0.05) is 37.3 Å². The molecule has 0 aromatic heterocycles. The summed E-state index contributed by atoms with van der Waals surface area (Å²) in [6.07, 6.45) is 2.69. The number of nitrogens with zero attached hydrogens (tertiary/aromatic N) is 1. The zero-order valence-electron chi connectivity index (χ0n) is 16.4. The third-order valence-electron chi connectivity index (χ3n) is 4.21. The van der Waals surface area contributed by atoms with Crippen molar-refractivity contribution in [3.63, 3.8) is 0 Å². The summed E-state index contributed by atoms with van der Waals surface area (Å²) >= 11 is 0. The molecule has 6 heteroatoms. The summed E-state index contributed by atoms with van der Waals surface area (Å²) in [6, 6.07) is 21.0. The summed E-state index contributed by atoms with van der Waals surface area (Å²) in [6.45, 7) is 4.31. The zero-order chi connectivity index (χ0) is 20.7. The van der Waals surface area contributed by atoms with E-state index in [0.29, 0.717) is 12.4 Å². The Labute approximate surface area is 171 Å². The van der Waals surface area contributed by atoms with Gasteiger partial charge in [-0.05, 0) is 66.9 Å². The highest BCUT2D eigenvalue weighted by atomic mass is 32.2. The average Bonchev–Trinajstić information content (AvgIpc) is 2.75. The molecule has 150 valence electrons. The largest absolute Gasteiger partial charge is 0.490 e. The molecule has 0 radical (unpaired) electrons. The number of hydrogen-bond acceptors (Lipinski definition) is 5. The molecule has 0 aliphatic carbocycles. The SMILES string of the molecule is CCOc1cc(C=Nc2ccc(CC)cc2)ccc1OS(=O)(=O)c1ccccc1. The van der Waals surface area contributed by atoms with Crippen LogP contribution in [0.25, 0.3) is 0 Å². The molecule has 0 bridgehead atoms. The first-order chi connectivity index (χ1) is 14.0. The second-order valence-corrected chi connectivity index (χ2v) is 7.81. The van der Waals surface area contributed by atoms with Crippen LogP contribution in [0.15, 0.2) is 82.7 Å². The Hall–Kier alpha value is -3.12. The molecule has 0 spiro atoms. The maximum absolute atomic E-state index is 12.5. The van der Waals surface area contributed by atoms with Crippen LogP contribution in [0.2, 0.25) is 0 Å². The second-order valence-electron chi connectivity index (χ2n) is 6.27. The average molecular weight is 410 g/mol. The fourth-order valence-corrected chi connectivity index (χ4v) is 3.62. The van der Waals surface area contributed by atoms with Crippen LogP contribution < -0.4 is 8.92 Å². The molecule has 0 fully saturated rings. The van der Waals surface area contributed by atoms with E-state index >= 15 is 0 Å². The predicted molar refractivity (Wildman–Crippen MR) is 115 cm³/mol. The van der Waals surface area contributed by atoms with E-state index in [0.717, 1.165) is 17.7 Å². The summed E-state index contributed by atoms with van der Waals surface area (Å²) < 4.78 is 35.9. The monoisotopic (exact) mass is 409 g/mol. The van der Waals surface area contributed by atoms with Gasteiger partial charge in [-0.2, -0.15) is 8.42 Å². The summed E-state index contributed by atoms with van der Waals surface area (Å²) in [4.78, 5) is 4.55. The van der Waals surface area contributed by atoms with Crippen molar-refractivity contribution in [2.45, 2.75) is 25.2 Å². The molecule has 0 amide bonds. The fraction of sp³-hybridized carbons (Fsp3) is 0.174. The second kappa shape index (κ2) is 9.39. The van der Waals surface area contributed by atoms with Gasteiger partial charge in [0.2, 0.25) is 0 Å². The number of aliphatic imine (C=N–C) groups is 1. The number of rotatable bonds is 8. The molecule has 5 nitrogen and oxygen atoms in total. The van der Waals surface area contributed by atoms with Crippen LogP contribution in [0.4, 0.5) is 5.69 Å². The lowest BCUT2D eigenvalue weighted by Gasteiger charge is -2.12. The third kappa shape index (κ3) is 5.45. The van der Waals surface area contributed by atoms with E-state index in [4.69, 9.17) is 8.92 Å². The standard InChI is InChI=1S/C23H23NO4S/c1-3-18-10-13-20(14-11-18)24-17-19-12-15-22(23(16-19)27-4-2)28-29(25,26)21-8-6-5-7-9-21/h5-17H,3-4H2,1-2H3. The maximum Gasteiger partial charge on any atom is 0.339 e. The van der Waals surface area contributed by atoms with E-state index in [1.165, 1.54) is 17.7 Å². The molecule has 0 saturated heterocycles. The predicted octanol–water partition coefficient (Wildman–Crippen LogP) is 5.17. The van der Waals surface area contributed by atoms with Gasteiger partial charge in [-0.25, -0.2) is 0 Å². The highest BCUT2D eigenvalue weighted by molar-refractivity contribution is 7.87. The minimum Gasteiger partial charge on any atom is -0.490 e. The molecule has 3 aromatic carbocycles. The first-order valence-electron chi connectivity index (χ1n) is 9.41. The summed E-state index contributed by atoms with van der Waals surface area (Å²) in [7, 11) is -3.94. The van der Waals surface area contributed by atoms with Crippen molar-refractivity contribution >= 4 is 22.0 Å². The molecule has 0 heterocycles. The number of hydrogen-bond donors (Lipinski definition) is 0. The van der Waals surface area contributed by atoms with Gasteiger partial charge < -0.3 is 8.92 Å². The van der Waals surface area contributed by atoms with Crippen LogP contribution in [0.5, 0.6) is 11.5 Å². The Morgan fingerprint density at radius 3 is 2.28 bits per heavy atom. The highest BCUT2D eigenvalue weighted by Gasteiger charge is 2.19. The lowest BCUT2D eigenvalue weighted by Crippen LogP contribution is -2.10. The van der Waals surface area contributed by atoms with Crippen LogP contribution in [0, 0.1) is 0 Å². The van der Waals surface area contributed by atoms with Gasteiger partial charge in [0, 0.05) is 6.21 Å². The van der Waals surface area contributed by atoms with Gasteiger partial charge in [0.15, 0.2) is 11.5 Å². The maximum atomic E-state index is 12.5. The van der Waals surface area contributed by atoms with Crippen molar-refractivity contribution in [1.82, 2.24) is 0 Å². The van der Waals surface area contributed by atoms with Crippen LogP contribution in [0.1, 0.15) is 25.0 Å². The molecule has 3 rings (SSSR count). The lowest BCUT2D eigenvalue weighted by atomic mass is 10.1. The molecule has 0 atom stereocenters. The normalized spacial score (nSPS) is 11.5. The lowest BCUT2D eigenvalue weighted by molar-refractivity contribution is 0.327. The van der Waals surface area contributed by atoms with Gasteiger partial charge in [0.25, 0.3) is 0 Å². The van der Waals surface area contributed by atoms with Gasteiger partial charge in [0.1, 0.15) is 4.90 Å². The van der Waals surface area contributed by atoms with Crippen molar-refractivity contribution < 1.29 is 17.3 Å². The van der Waals surface area contributed by atoms with Crippen molar-refractivity contribution in [2.24, 2.45) is 4.99 Å². The first-order valence-corrected chi connectivity index (χ1v) is 10.8. The minimum atomic E-state index is -3.94. The van der Waals surface area contributed by atoms with E-state index < -0.39 is 10.1 Å². The third-order valence-corrected chi connectivity index (χ3v) is 5.45. The molecule has 0 aliphatic heterocycles. The van der Waals surface area contributed by atoms with Gasteiger partial charge in [0.05, 0.1) is 12.3 Å². The van der Waals surface area contributed by atoms with Crippen molar-refractivity contribution in [2.75, 3.05) is 6.61 Å². The first kappa shape index (κ1) is 20.6. The molecule has 0 saturated carbocycles. The Bertz CT molecular complexity index is 1080. The van der Waals surface area contributed by atoms with E-state index in [2.05, 4.69) is 11.9 Å². The Morgan fingerprint density at radius 1 is 0.897 bits per heavy atom. The quantitative estimate of drug-likeness (QED) is 0.380. The van der Waals surface area contributed by atoms with Gasteiger partial charge in [-0.3, -0.25) is 4.99 Å². The van der Waals surface area contributed by atoms with E-state index in [1.54, 1.807) is 42.6 Å². The molecular weight excluding hydrogens is 386 g/mol. The Balaban J connectivity index is 1.83. The van der Waals surface area contributed by atoms with Gasteiger partial charge >= 0.3 is 10.1 Å². The minimum absolute atomic E-state index is 0.0867. The zero-order valence-corrected chi connectivity index (χ0v) is 17.2. The highest BCUT2D eigenvalue weighted by Crippen LogP contribution is 2.31.